The van der Waals surface area contributed by atoms with Crippen molar-refractivity contribution in [3.05, 3.63) is 46.8 Å². The maximum Gasteiger partial charge on any atom is 0.319 e. The molecule has 3 aromatic rings. The summed E-state index contributed by atoms with van der Waals surface area (Å²) in [4.78, 5) is 32.1. The van der Waals surface area contributed by atoms with Gasteiger partial charge in [-0.25, -0.2) is 9.37 Å². The Balaban J connectivity index is 1.63. The van der Waals surface area contributed by atoms with E-state index in [1.54, 1.807) is 17.0 Å². The minimum Gasteiger partial charge on any atom is -0.462 e. The molecule has 0 unspecified atom stereocenters. The highest BCUT2D eigenvalue weighted by Gasteiger charge is 2.31. The number of nitrogen functional groups attached to an aromatic ring is 1. The average Bonchev–Trinajstić information content (AvgIpc) is 3.26. The van der Waals surface area contributed by atoms with Crippen LogP contribution >= 0.6 is 11.6 Å². The molecule has 2 saturated heterocycles. The van der Waals surface area contributed by atoms with Crippen molar-refractivity contribution in [3.63, 3.8) is 0 Å². The lowest BCUT2D eigenvalue weighted by molar-refractivity contribution is -0.126. The summed E-state index contributed by atoms with van der Waals surface area (Å²) in [5.74, 6) is 0.624. The number of nitrogens with two attached hydrogens (primary N) is 1. The lowest BCUT2D eigenvalue weighted by Crippen LogP contribution is -2.53. The van der Waals surface area contributed by atoms with E-state index in [4.69, 9.17) is 27.1 Å². The van der Waals surface area contributed by atoms with Crippen molar-refractivity contribution in [2.75, 3.05) is 50.5 Å². The van der Waals surface area contributed by atoms with Crippen LogP contribution in [-0.2, 0) is 4.79 Å². The number of amides is 1. The van der Waals surface area contributed by atoms with Crippen molar-refractivity contribution >= 4 is 40.0 Å². The monoisotopic (exact) mass is 581 g/mol. The first-order chi connectivity index (χ1) is 19.5. The van der Waals surface area contributed by atoms with Crippen LogP contribution < -0.4 is 15.4 Å². The fourth-order valence-corrected chi connectivity index (χ4v) is 6.27. The van der Waals surface area contributed by atoms with Crippen LogP contribution in [0.1, 0.15) is 31.4 Å². The molecule has 218 valence electrons. The predicted molar refractivity (Wildman–Crippen MR) is 161 cm³/mol. The number of aromatic nitrogens is 3. The molecule has 41 heavy (non-hydrogen) atoms. The minimum absolute atomic E-state index is 0.0932. The Morgan fingerprint density at radius 3 is 2.63 bits per heavy atom. The van der Waals surface area contributed by atoms with E-state index in [0.717, 1.165) is 24.1 Å². The number of carbonyl (C=O) groups excluding carboxylic acids is 1. The van der Waals surface area contributed by atoms with Crippen molar-refractivity contribution in [3.8, 4) is 17.3 Å². The van der Waals surface area contributed by atoms with Gasteiger partial charge >= 0.3 is 6.01 Å². The molecule has 0 saturated carbocycles. The number of ether oxygens (including phenoxy) is 1. The van der Waals surface area contributed by atoms with Crippen molar-refractivity contribution in [2.24, 2.45) is 5.92 Å². The molecule has 1 aromatic carbocycles. The van der Waals surface area contributed by atoms with Crippen LogP contribution in [0.15, 0.2) is 24.8 Å². The smallest absolute Gasteiger partial charge is 0.319 e. The number of likely N-dealkylation sites (tertiary alicyclic amines) is 1. The zero-order chi connectivity index (χ0) is 29.6. The van der Waals surface area contributed by atoms with Gasteiger partial charge in [0.05, 0.1) is 16.3 Å². The molecule has 3 atom stereocenters. The molecular formula is C30H37ClFN7O2. The Kier molecular flexibility index (Phi) is 8.07. The molecule has 0 radical (unpaired) electrons. The van der Waals surface area contributed by atoms with Gasteiger partial charge in [0.25, 0.3) is 0 Å². The first-order valence-corrected chi connectivity index (χ1v) is 14.3. The van der Waals surface area contributed by atoms with Gasteiger partial charge < -0.3 is 20.3 Å². The summed E-state index contributed by atoms with van der Waals surface area (Å²) >= 11 is 6.77. The molecule has 0 aliphatic carbocycles. The van der Waals surface area contributed by atoms with Gasteiger partial charge in [-0.3, -0.25) is 9.69 Å². The molecule has 2 aliphatic heterocycles. The molecule has 9 nitrogen and oxygen atoms in total. The van der Waals surface area contributed by atoms with E-state index < -0.39 is 5.82 Å². The highest BCUT2D eigenvalue weighted by atomic mass is 35.5. The first kappa shape index (κ1) is 29.0. The third kappa shape index (κ3) is 5.55. The van der Waals surface area contributed by atoms with Gasteiger partial charge in [0.15, 0.2) is 5.82 Å². The Morgan fingerprint density at radius 1 is 1.22 bits per heavy atom. The molecule has 2 fully saturated rings. The summed E-state index contributed by atoms with van der Waals surface area (Å²) in [7, 11) is 2.08. The van der Waals surface area contributed by atoms with Crippen LogP contribution in [0.5, 0.6) is 6.01 Å². The number of anilines is 2. The number of rotatable bonds is 6. The second-order valence-corrected chi connectivity index (χ2v) is 11.8. The van der Waals surface area contributed by atoms with Gasteiger partial charge in [-0.15, -0.1) is 0 Å². The zero-order valence-electron chi connectivity index (χ0n) is 24.2. The summed E-state index contributed by atoms with van der Waals surface area (Å²) in [6.07, 6.45) is 2.32. The Morgan fingerprint density at radius 2 is 1.98 bits per heavy atom. The number of fused-ring (bicyclic) bond motifs is 1. The molecular weight excluding hydrogens is 545 g/mol. The maximum absolute atomic E-state index is 16.5. The van der Waals surface area contributed by atoms with Crippen molar-refractivity contribution in [1.29, 1.82) is 0 Å². The van der Waals surface area contributed by atoms with E-state index in [9.17, 15) is 4.79 Å². The van der Waals surface area contributed by atoms with Gasteiger partial charge in [-0.2, -0.15) is 9.97 Å². The van der Waals surface area contributed by atoms with Crippen LogP contribution in [0.25, 0.3) is 22.2 Å². The lowest BCUT2D eigenvalue weighted by Gasteiger charge is -2.40. The number of pyridine rings is 1. The molecule has 2 aromatic heterocycles. The van der Waals surface area contributed by atoms with E-state index in [2.05, 4.69) is 40.3 Å². The van der Waals surface area contributed by atoms with Crippen LogP contribution in [0.2, 0.25) is 5.02 Å². The number of piperazine rings is 1. The van der Waals surface area contributed by atoms with E-state index in [-0.39, 0.29) is 45.9 Å². The van der Waals surface area contributed by atoms with Crippen molar-refractivity contribution in [2.45, 2.75) is 46.2 Å². The van der Waals surface area contributed by atoms with E-state index in [0.29, 0.717) is 49.1 Å². The SMILES string of the molecule is C=CC(=O)N1CCN(c2nc(OC[C@@H]3C[C@@H](C)CN3C)nc3c(F)c(-c4nc(N)cc(C)c4C)c(Cl)cc23)[C@@H](C)C1. The molecule has 5 rings (SSSR count). The van der Waals surface area contributed by atoms with Crippen molar-refractivity contribution in [1.82, 2.24) is 24.8 Å². The average molecular weight is 582 g/mol. The number of benzene rings is 1. The number of likely N-dealkylation sites (N-methyl/N-ethyl adjacent to an activating group) is 1. The first-order valence-electron chi connectivity index (χ1n) is 13.9. The van der Waals surface area contributed by atoms with Gasteiger partial charge in [0, 0.05) is 43.6 Å². The standard InChI is InChI=1S/C30H37ClFN7O2/c1-7-24(40)38-8-9-39(18(4)14-38)29-21-12-22(31)25(27-19(5)17(3)11-23(33)34-27)26(32)28(21)35-30(36-29)41-15-20-10-16(2)13-37(20)6/h7,11-12,16,18,20H,1,8-10,13-15H2,2-6H3,(H2,33,34)/t16-,18+,20+/m1/s1. The lowest BCUT2D eigenvalue weighted by atomic mass is 10.00. The Hall–Kier alpha value is -3.50. The summed E-state index contributed by atoms with van der Waals surface area (Å²) in [6, 6.07) is 3.64. The highest BCUT2D eigenvalue weighted by molar-refractivity contribution is 6.34. The molecule has 2 N–H and O–H groups in total. The second-order valence-electron chi connectivity index (χ2n) is 11.4. The number of carbonyl (C=O) groups is 1. The minimum atomic E-state index is -0.610. The summed E-state index contributed by atoms with van der Waals surface area (Å²) < 4.78 is 22.7. The second kappa shape index (κ2) is 11.4. The highest BCUT2D eigenvalue weighted by Crippen LogP contribution is 2.40. The molecule has 1 amide bonds. The molecule has 11 heteroatoms. The Labute approximate surface area is 245 Å². The van der Waals surface area contributed by atoms with E-state index >= 15 is 4.39 Å². The fraction of sp³-hybridized carbons (Fsp3) is 0.467. The van der Waals surface area contributed by atoms with Crippen LogP contribution in [-0.4, -0.2) is 82.6 Å². The summed E-state index contributed by atoms with van der Waals surface area (Å²) in [5.41, 5.74) is 8.30. The third-order valence-electron chi connectivity index (χ3n) is 8.32. The van der Waals surface area contributed by atoms with Crippen LogP contribution in [0, 0.1) is 25.6 Å². The molecule has 2 aliphatic rings. The Bertz CT molecular complexity index is 1520. The quantitative estimate of drug-likeness (QED) is 0.421. The van der Waals surface area contributed by atoms with Crippen LogP contribution in [0.3, 0.4) is 0 Å². The van der Waals surface area contributed by atoms with Gasteiger partial charge in [0.1, 0.15) is 23.8 Å². The maximum atomic E-state index is 16.5. The molecule has 0 bridgehead atoms. The summed E-state index contributed by atoms with van der Waals surface area (Å²) in [6.45, 7) is 14.4. The topological polar surface area (TPSA) is 101 Å². The van der Waals surface area contributed by atoms with Gasteiger partial charge in [-0.05, 0) is 69.5 Å². The van der Waals surface area contributed by atoms with Crippen LogP contribution in [0.4, 0.5) is 16.0 Å². The predicted octanol–water partition coefficient (Wildman–Crippen LogP) is 4.63. The van der Waals surface area contributed by atoms with Gasteiger partial charge in [-0.1, -0.05) is 25.1 Å². The number of nitrogens with zero attached hydrogens (tertiary/aromatic N) is 6. The third-order valence-corrected chi connectivity index (χ3v) is 8.62. The van der Waals surface area contributed by atoms with Gasteiger partial charge in [0.2, 0.25) is 5.91 Å². The fourth-order valence-electron chi connectivity index (χ4n) is 5.99. The zero-order valence-corrected chi connectivity index (χ0v) is 25.0. The largest absolute Gasteiger partial charge is 0.462 e. The number of hydrogen-bond donors (Lipinski definition) is 1. The van der Waals surface area contributed by atoms with Crippen molar-refractivity contribution < 1.29 is 13.9 Å². The van der Waals surface area contributed by atoms with E-state index in [1.165, 1.54) is 6.08 Å². The number of aryl methyl sites for hydroxylation is 1. The number of halogens is 2. The normalized spacial score (nSPS) is 21.5. The number of hydrogen-bond acceptors (Lipinski definition) is 8. The molecule has 4 heterocycles. The summed E-state index contributed by atoms with van der Waals surface area (Å²) in [5, 5.41) is 0.646. The van der Waals surface area contributed by atoms with E-state index in [1.807, 2.05) is 20.8 Å². The molecule has 0 spiro atoms.